The minimum atomic E-state index is -1.56. The van der Waals surface area contributed by atoms with Crippen molar-refractivity contribution < 1.29 is 37.7 Å². The molecule has 3 saturated heterocycles. The lowest BCUT2D eigenvalue weighted by molar-refractivity contribution is -0.157. The number of nitrogens with two attached hydrogens (primary N) is 1. The molecule has 9 heterocycles. The molecule has 3 fully saturated rings. The first kappa shape index (κ1) is 53.0. The highest BCUT2D eigenvalue weighted by Crippen LogP contribution is 2.42. The zero-order valence-corrected chi connectivity index (χ0v) is 45.2. The number of thiophene rings is 1. The van der Waals surface area contributed by atoms with Crippen molar-refractivity contribution in [2.45, 2.75) is 89.2 Å². The Morgan fingerprint density at radius 1 is 1.09 bits per heavy atom. The number of nitriles is 1. The van der Waals surface area contributed by atoms with Crippen LogP contribution in [0.2, 0.25) is 5.02 Å². The minimum Gasteiger partial charge on any atom is -0.486 e. The van der Waals surface area contributed by atoms with Crippen molar-refractivity contribution >= 4 is 79.8 Å². The molecule has 5 aliphatic heterocycles. The Kier molecular flexibility index (Phi) is 14.5. The Hall–Kier alpha value is -7.02. The Balaban J connectivity index is 0.863. The molecule has 0 bridgehead atoms. The molecule has 17 nitrogen and oxygen atoms in total. The van der Waals surface area contributed by atoms with Crippen molar-refractivity contribution in [1.82, 2.24) is 34.2 Å². The summed E-state index contributed by atoms with van der Waals surface area (Å²) in [6, 6.07) is 10.8. The number of piperazine rings is 1. The number of carbonyl (C=O) groups is 2. The molecule has 3 N–H and O–H groups in total. The first-order chi connectivity index (χ1) is 37.6. The van der Waals surface area contributed by atoms with Crippen LogP contribution in [0.3, 0.4) is 0 Å². The standard InChI is InChI=1S/C57H59ClF2N10O7S/c1-5-33-34-22-32(11-12-43(34)63-48-40(33)28-70-44(48)25-36-41(54(70)73)29-75-55(74)50(36)71)77-45(10-6-7-15-66(3)4)31(2)53(72)68-20-18-67(19-21-68)52-38-24-42(58)37(23-35-39(27-61)51(62)78-46(35)26-59)47(60)49(38)64-56(65-52)76-30-57-13-8-16-69(57)17-9-14-57/h11-12,22-26,45,50,71H,2,5-10,13-21,28-30,62H2,1,3-4H3/b35-23+,46-26-. The maximum Gasteiger partial charge on any atom is 0.340 e. The number of amides is 1. The number of carbonyl (C=O) groups excluding carboxylic acids is 2. The molecule has 0 saturated carbocycles. The van der Waals surface area contributed by atoms with Crippen molar-refractivity contribution in [3.8, 4) is 29.2 Å². The number of aromatic nitrogens is 4. The van der Waals surface area contributed by atoms with Crippen molar-refractivity contribution in [2.75, 3.05) is 77.1 Å². The Labute approximate surface area is 457 Å². The third kappa shape index (κ3) is 9.42. The molecular formula is C57H59ClF2N10O7S. The summed E-state index contributed by atoms with van der Waals surface area (Å²) in [5.74, 6) is -0.960. The molecule has 0 spiro atoms. The minimum absolute atomic E-state index is 0.00800. The molecule has 2 atom stereocenters. The number of halogens is 3. The van der Waals surface area contributed by atoms with Gasteiger partial charge in [-0.05, 0) is 127 Å². The van der Waals surface area contributed by atoms with Gasteiger partial charge in [0.2, 0.25) is 0 Å². The molecule has 2 aromatic carbocycles. The largest absolute Gasteiger partial charge is 0.486 e. The lowest BCUT2D eigenvalue weighted by Gasteiger charge is -2.37. The first-order valence-corrected chi connectivity index (χ1v) is 27.6. The quantitative estimate of drug-likeness (QED) is 0.0661. The van der Waals surface area contributed by atoms with E-state index in [1.165, 1.54) is 6.08 Å². The van der Waals surface area contributed by atoms with Gasteiger partial charge in [-0.1, -0.05) is 25.1 Å². The maximum atomic E-state index is 17.1. The molecule has 5 aliphatic rings. The number of benzene rings is 2. The number of esters is 1. The summed E-state index contributed by atoms with van der Waals surface area (Å²) in [7, 11) is 4.03. The number of fused-ring (bicyclic) bond motifs is 7. The van der Waals surface area contributed by atoms with Crippen LogP contribution in [0.5, 0.6) is 11.8 Å². The van der Waals surface area contributed by atoms with Gasteiger partial charge < -0.3 is 44.3 Å². The molecule has 1 amide bonds. The summed E-state index contributed by atoms with van der Waals surface area (Å²) in [5, 5.41) is 21.9. The van der Waals surface area contributed by atoms with Gasteiger partial charge in [0.25, 0.3) is 11.5 Å². The molecule has 406 valence electrons. The second-order valence-corrected chi connectivity index (χ2v) is 22.5. The Bertz CT molecular complexity index is 3690. The average molecular weight is 1100 g/mol. The number of aliphatic hydroxyl groups excluding tert-OH is 1. The van der Waals surface area contributed by atoms with Gasteiger partial charge in [0.1, 0.15) is 53.8 Å². The van der Waals surface area contributed by atoms with E-state index in [-0.39, 0.29) is 96.8 Å². The molecule has 4 aromatic heterocycles. The molecule has 6 aromatic rings. The fraction of sp³-hybridized carbons (Fsp3) is 0.421. The SMILES string of the molecule is C=C(C(=O)N1CCN(c2nc(OCC34CCCN3CCC4)nc3c(F)c(/C=c4\c(C#N)c(N)s\c4=C/F)c(Cl)cc23)CC1)C(CCCCN(C)C)Oc1ccc2nc3c(c(CC)c2c1)Cn1c-3cc2c(c1=O)COC(=O)C2O. The highest BCUT2D eigenvalue weighted by molar-refractivity contribution is 7.14. The number of pyridine rings is 2. The van der Waals surface area contributed by atoms with E-state index in [1.54, 1.807) is 21.6 Å². The van der Waals surface area contributed by atoms with Crippen LogP contribution in [0.4, 0.5) is 19.6 Å². The summed E-state index contributed by atoms with van der Waals surface area (Å²) < 4.78 is 51.1. The smallest absolute Gasteiger partial charge is 0.340 e. The lowest BCUT2D eigenvalue weighted by Crippen LogP contribution is -2.50. The molecule has 2 unspecified atom stereocenters. The van der Waals surface area contributed by atoms with E-state index < -0.39 is 24.0 Å². The predicted molar refractivity (Wildman–Crippen MR) is 294 cm³/mol. The summed E-state index contributed by atoms with van der Waals surface area (Å²) in [6.45, 7) is 10.8. The van der Waals surface area contributed by atoms with Crippen LogP contribution in [0.1, 0.15) is 91.4 Å². The second-order valence-electron chi connectivity index (χ2n) is 21.0. The van der Waals surface area contributed by atoms with Gasteiger partial charge >= 0.3 is 12.0 Å². The van der Waals surface area contributed by atoms with E-state index >= 15 is 4.39 Å². The summed E-state index contributed by atoms with van der Waals surface area (Å²) in [5.41, 5.74) is 9.83. The Morgan fingerprint density at radius 3 is 2.58 bits per heavy atom. The van der Waals surface area contributed by atoms with Crippen LogP contribution in [-0.2, 0) is 33.9 Å². The number of hydrogen-bond donors (Lipinski definition) is 2. The highest BCUT2D eigenvalue weighted by Gasteiger charge is 2.45. The summed E-state index contributed by atoms with van der Waals surface area (Å²) in [4.78, 5) is 63.4. The van der Waals surface area contributed by atoms with Crippen LogP contribution in [-0.4, -0.2) is 129 Å². The van der Waals surface area contributed by atoms with Crippen molar-refractivity contribution in [3.63, 3.8) is 0 Å². The van der Waals surface area contributed by atoms with Crippen molar-refractivity contribution in [2.24, 2.45) is 0 Å². The number of aryl methyl sites for hydroxylation is 1. The third-order valence-corrected chi connectivity index (χ3v) is 17.5. The van der Waals surface area contributed by atoms with Gasteiger partial charge in [-0.3, -0.25) is 14.5 Å². The van der Waals surface area contributed by atoms with E-state index in [2.05, 4.69) is 21.4 Å². The number of aliphatic hydroxyl groups is 1. The fourth-order valence-electron chi connectivity index (χ4n) is 12.1. The predicted octanol–water partition coefficient (Wildman–Crippen LogP) is 6.26. The zero-order chi connectivity index (χ0) is 54.7. The van der Waals surface area contributed by atoms with E-state index in [1.807, 2.05) is 50.2 Å². The first-order valence-electron chi connectivity index (χ1n) is 26.4. The van der Waals surface area contributed by atoms with E-state index in [0.717, 1.165) is 86.0 Å². The van der Waals surface area contributed by atoms with Crippen molar-refractivity contribution in [1.29, 1.82) is 5.26 Å². The fourth-order valence-corrected chi connectivity index (χ4v) is 13.1. The topological polar surface area (TPSA) is 205 Å². The molecular weight excluding hydrogens is 1040 g/mol. The molecule has 21 heteroatoms. The molecule has 11 rings (SSSR count). The maximum absolute atomic E-state index is 17.1. The van der Waals surface area contributed by atoms with Gasteiger partial charge in [0.15, 0.2) is 11.9 Å². The summed E-state index contributed by atoms with van der Waals surface area (Å²) in [6.07, 6.45) is 6.20. The van der Waals surface area contributed by atoms with Crippen LogP contribution >= 0.6 is 22.9 Å². The number of hydrogen-bond acceptors (Lipinski definition) is 16. The second kappa shape index (κ2) is 21.3. The normalized spacial score (nSPS) is 18.6. The van der Waals surface area contributed by atoms with Gasteiger partial charge in [-0.15, -0.1) is 11.3 Å². The van der Waals surface area contributed by atoms with E-state index in [0.29, 0.717) is 78.3 Å². The summed E-state index contributed by atoms with van der Waals surface area (Å²) >= 11 is 7.74. The lowest BCUT2D eigenvalue weighted by atomic mass is 9.95. The number of nitrogen functional groups attached to an aromatic ring is 1. The molecule has 78 heavy (non-hydrogen) atoms. The highest BCUT2D eigenvalue weighted by atomic mass is 35.5. The van der Waals surface area contributed by atoms with E-state index in [4.69, 9.17) is 41.5 Å². The van der Waals surface area contributed by atoms with Crippen molar-refractivity contribution in [3.05, 3.63) is 107 Å². The number of unbranched alkanes of at least 4 members (excludes halogenated alkanes) is 1. The number of anilines is 2. The molecule has 0 radical (unpaired) electrons. The zero-order valence-electron chi connectivity index (χ0n) is 43.7. The van der Waals surface area contributed by atoms with Crippen LogP contribution in [0, 0.1) is 17.1 Å². The van der Waals surface area contributed by atoms with Gasteiger partial charge in [0.05, 0.1) is 55.2 Å². The monoisotopic (exact) mass is 1100 g/mol. The number of cyclic esters (lactones) is 1. The number of ether oxygens (including phenoxy) is 3. The Morgan fingerprint density at radius 2 is 1.86 bits per heavy atom. The van der Waals surface area contributed by atoms with Crippen LogP contribution in [0.25, 0.3) is 45.6 Å². The van der Waals surface area contributed by atoms with Crippen LogP contribution in [0.15, 0.2) is 47.3 Å². The van der Waals surface area contributed by atoms with E-state index in [9.17, 15) is 29.1 Å². The average Bonchev–Trinajstić information content (AvgIpc) is 4.38. The van der Waals surface area contributed by atoms with Gasteiger partial charge in [-0.2, -0.15) is 15.2 Å². The van der Waals surface area contributed by atoms with Gasteiger partial charge in [0, 0.05) is 58.9 Å². The number of rotatable bonds is 15. The third-order valence-electron chi connectivity index (χ3n) is 16.2. The number of nitrogens with zero attached hydrogens (tertiary/aromatic N) is 9. The van der Waals surface area contributed by atoms with Gasteiger partial charge in [-0.25, -0.2) is 18.6 Å². The molecule has 0 aliphatic carbocycles. The van der Waals surface area contributed by atoms with Crippen LogP contribution < -0.4 is 35.4 Å².